The molecular formula is C3H10O4P+. The van der Waals surface area contributed by atoms with Crippen molar-refractivity contribution < 1.29 is 19.0 Å². The van der Waals surface area contributed by atoms with E-state index in [0.29, 0.717) is 0 Å². The fourth-order valence-corrected chi connectivity index (χ4v) is 0.570. The molecular weight excluding hydrogens is 131 g/mol. The van der Waals surface area contributed by atoms with Gasteiger partial charge in [-0.1, -0.05) is 0 Å². The number of hydrogen-bond donors (Lipinski definition) is 2. The normalized spacial score (nSPS) is 12.0. The summed E-state index contributed by atoms with van der Waals surface area (Å²) in [5.41, 5.74) is 0. The topological polar surface area (TPSA) is 58.9 Å². The van der Waals surface area contributed by atoms with Gasteiger partial charge in [0, 0.05) is 0 Å². The van der Waals surface area contributed by atoms with Gasteiger partial charge in [-0.3, -0.25) is 0 Å². The molecule has 4 nitrogen and oxygen atoms in total. The van der Waals surface area contributed by atoms with Gasteiger partial charge in [0.15, 0.2) is 0 Å². The van der Waals surface area contributed by atoms with Crippen LogP contribution in [0.2, 0.25) is 0 Å². The zero-order valence-electron chi connectivity index (χ0n) is 4.87. The molecule has 0 aliphatic carbocycles. The van der Waals surface area contributed by atoms with Gasteiger partial charge in [0.1, 0.15) is 0 Å². The van der Waals surface area contributed by atoms with Gasteiger partial charge in [-0.15, -0.1) is 0 Å². The third-order valence-corrected chi connectivity index (χ3v) is 2.25. The van der Waals surface area contributed by atoms with Crippen molar-refractivity contribution >= 4 is 7.94 Å². The highest BCUT2D eigenvalue weighted by Gasteiger charge is 2.36. The predicted octanol–water partition coefficient (Wildman–Crippen LogP) is -0.0161. The summed E-state index contributed by atoms with van der Waals surface area (Å²) in [6, 6.07) is 0. The first kappa shape index (κ1) is 8.27. The molecule has 0 aromatic rings. The van der Waals surface area contributed by atoms with E-state index in [1.54, 1.807) is 0 Å². The Morgan fingerprint density at radius 2 is 1.75 bits per heavy atom. The minimum atomic E-state index is -2.86. The lowest BCUT2D eigenvalue weighted by molar-refractivity contribution is 0.201. The first-order valence-electron chi connectivity index (χ1n) is 2.01. The van der Waals surface area contributed by atoms with Crippen LogP contribution in [0.4, 0.5) is 0 Å². The SMILES string of the molecule is CO[P+](O)(CO)OC. The maximum absolute atomic E-state index is 8.85. The van der Waals surface area contributed by atoms with Crippen LogP contribution in [0.25, 0.3) is 0 Å². The summed E-state index contributed by atoms with van der Waals surface area (Å²) < 4.78 is 8.86. The second-order valence-corrected chi connectivity index (χ2v) is 3.43. The van der Waals surface area contributed by atoms with Crippen molar-refractivity contribution in [3.63, 3.8) is 0 Å². The summed E-state index contributed by atoms with van der Waals surface area (Å²) in [5, 5.41) is 8.33. The highest BCUT2D eigenvalue weighted by atomic mass is 31.2. The summed E-state index contributed by atoms with van der Waals surface area (Å²) in [5.74, 6) is 0. The number of hydrogen-bond acceptors (Lipinski definition) is 4. The Hall–Kier alpha value is 0.270. The van der Waals surface area contributed by atoms with Gasteiger partial charge in [-0.25, -0.2) is 0 Å². The lowest BCUT2D eigenvalue weighted by Crippen LogP contribution is -2.00. The molecule has 0 unspecified atom stereocenters. The van der Waals surface area contributed by atoms with Crippen molar-refractivity contribution in [3.05, 3.63) is 0 Å². The van der Waals surface area contributed by atoms with Crippen LogP contribution in [0.1, 0.15) is 0 Å². The zero-order valence-corrected chi connectivity index (χ0v) is 5.76. The summed E-state index contributed by atoms with van der Waals surface area (Å²) >= 11 is 0. The highest BCUT2D eigenvalue weighted by molar-refractivity contribution is 7.60. The van der Waals surface area contributed by atoms with E-state index in [1.165, 1.54) is 14.2 Å². The van der Waals surface area contributed by atoms with E-state index in [9.17, 15) is 0 Å². The average molecular weight is 141 g/mol. The summed E-state index contributed by atoms with van der Waals surface area (Å²) in [6.45, 7) is 0. The standard InChI is InChI=1S/C3H10O4P/c1-6-8(5,3-4)7-2/h4-5H,3H2,1-2H3/q+1. The summed E-state index contributed by atoms with van der Waals surface area (Å²) in [4.78, 5) is 8.85. The fraction of sp³-hybridized carbons (Fsp3) is 1.00. The minimum Gasteiger partial charge on any atom is -0.355 e. The van der Waals surface area contributed by atoms with Crippen molar-refractivity contribution in [1.29, 1.82) is 0 Å². The molecule has 0 fully saturated rings. The highest BCUT2D eigenvalue weighted by Crippen LogP contribution is 2.53. The smallest absolute Gasteiger partial charge is 0.355 e. The molecule has 0 aromatic heterocycles. The molecule has 0 atom stereocenters. The van der Waals surface area contributed by atoms with Crippen LogP contribution in [0, 0.1) is 0 Å². The third-order valence-electron chi connectivity index (χ3n) is 0.749. The number of aliphatic hydroxyl groups is 1. The molecule has 0 radical (unpaired) electrons. The van der Waals surface area contributed by atoms with E-state index in [2.05, 4.69) is 9.05 Å². The van der Waals surface area contributed by atoms with E-state index >= 15 is 0 Å². The maximum atomic E-state index is 8.85. The Labute approximate surface area is 48.6 Å². The van der Waals surface area contributed by atoms with Crippen molar-refractivity contribution in [1.82, 2.24) is 0 Å². The van der Waals surface area contributed by atoms with Crippen LogP contribution in [0.5, 0.6) is 0 Å². The molecule has 0 spiro atoms. The molecule has 2 N–H and O–H groups in total. The van der Waals surface area contributed by atoms with E-state index < -0.39 is 14.3 Å². The Balaban J connectivity index is 3.58. The predicted molar refractivity (Wildman–Crippen MR) is 30.2 cm³/mol. The maximum Gasteiger partial charge on any atom is 0.436 e. The van der Waals surface area contributed by atoms with Gasteiger partial charge in [-0.05, 0) is 0 Å². The molecule has 5 heteroatoms. The van der Waals surface area contributed by atoms with Gasteiger partial charge in [0.05, 0.1) is 14.2 Å². The quantitative estimate of drug-likeness (QED) is 0.542. The first-order chi connectivity index (χ1) is 3.68. The largest absolute Gasteiger partial charge is 0.436 e. The van der Waals surface area contributed by atoms with Crippen molar-refractivity contribution in [2.24, 2.45) is 0 Å². The van der Waals surface area contributed by atoms with E-state index in [4.69, 9.17) is 10.00 Å². The number of rotatable bonds is 3. The Morgan fingerprint density at radius 1 is 1.38 bits per heavy atom. The van der Waals surface area contributed by atoms with Crippen LogP contribution in [0.15, 0.2) is 0 Å². The van der Waals surface area contributed by atoms with Gasteiger partial charge in [-0.2, -0.15) is 13.9 Å². The second-order valence-electron chi connectivity index (χ2n) is 1.14. The van der Waals surface area contributed by atoms with Crippen LogP contribution in [-0.4, -0.2) is 30.6 Å². The number of aliphatic hydroxyl groups excluding tert-OH is 1. The van der Waals surface area contributed by atoms with Gasteiger partial charge < -0.3 is 5.11 Å². The Kier molecular flexibility index (Phi) is 3.44. The lowest BCUT2D eigenvalue weighted by atomic mass is 11.7. The Bertz CT molecular complexity index is 54.0. The molecule has 50 valence electrons. The van der Waals surface area contributed by atoms with Gasteiger partial charge in [0.2, 0.25) is 6.35 Å². The van der Waals surface area contributed by atoms with Crippen LogP contribution >= 0.6 is 7.94 Å². The van der Waals surface area contributed by atoms with E-state index in [0.717, 1.165) is 0 Å². The molecule has 0 saturated carbocycles. The molecule has 0 bridgehead atoms. The van der Waals surface area contributed by atoms with E-state index in [1.807, 2.05) is 0 Å². The summed E-state index contributed by atoms with van der Waals surface area (Å²) in [6.07, 6.45) is -0.458. The molecule has 8 heavy (non-hydrogen) atoms. The Morgan fingerprint density at radius 3 is 1.75 bits per heavy atom. The first-order valence-corrected chi connectivity index (χ1v) is 3.78. The second kappa shape index (κ2) is 3.33. The van der Waals surface area contributed by atoms with Crippen LogP contribution in [-0.2, 0) is 9.05 Å². The molecule has 0 heterocycles. The van der Waals surface area contributed by atoms with Crippen molar-refractivity contribution in [2.45, 2.75) is 0 Å². The van der Waals surface area contributed by atoms with Crippen molar-refractivity contribution in [2.75, 3.05) is 20.6 Å². The molecule has 0 rings (SSSR count). The minimum absolute atomic E-state index is 0.458. The average Bonchev–Trinajstić information content (AvgIpc) is 1.87. The lowest BCUT2D eigenvalue weighted by Gasteiger charge is -2.07. The van der Waals surface area contributed by atoms with E-state index in [-0.39, 0.29) is 0 Å². The zero-order chi connectivity index (χ0) is 6.62. The monoisotopic (exact) mass is 141 g/mol. The fourth-order valence-electron chi connectivity index (χ4n) is 0.190. The van der Waals surface area contributed by atoms with Gasteiger partial charge in [0.25, 0.3) is 0 Å². The van der Waals surface area contributed by atoms with Crippen LogP contribution < -0.4 is 0 Å². The molecule has 0 amide bonds. The van der Waals surface area contributed by atoms with Crippen molar-refractivity contribution in [3.8, 4) is 0 Å². The third kappa shape index (κ3) is 2.03. The molecule has 0 aliphatic rings. The van der Waals surface area contributed by atoms with Crippen LogP contribution in [0.3, 0.4) is 0 Å². The molecule has 0 aromatic carbocycles. The molecule has 0 saturated heterocycles. The molecule has 0 aliphatic heterocycles. The summed E-state index contributed by atoms with van der Waals surface area (Å²) in [7, 11) is -0.286. The van der Waals surface area contributed by atoms with Gasteiger partial charge >= 0.3 is 7.94 Å².